The Morgan fingerprint density at radius 3 is 2.82 bits per heavy atom. The van der Waals surface area contributed by atoms with Crippen LogP contribution < -0.4 is 21.3 Å². The van der Waals surface area contributed by atoms with Crippen molar-refractivity contribution in [3.05, 3.63) is 40.9 Å². The Labute approximate surface area is 134 Å². The third-order valence-electron chi connectivity index (χ3n) is 3.76. The zero-order valence-corrected chi connectivity index (χ0v) is 13.1. The fourth-order valence-electron chi connectivity index (χ4n) is 2.38. The Morgan fingerprint density at radius 2 is 2.09 bits per heavy atom. The maximum Gasteiger partial charge on any atom is 0.223 e. The van der Waals surface area contributed by atoms with Crippen LogP contribution in [-0.4, -0.2) is 36.1 Å². The van der Waals surface area contributed by atoms with E-state index in [2.05, 4.69) is 25.5 Å². The minimum Gasteiger partial charge on any atom is -0.368 e. The lowest BCUT2D eigenvalue weighted by molar-refractivity contribution is 0.447. The Bertz CT molecular complexity index is 656. The van der Waals surface area contributed by atoms with Gasteiger partial charge in [-0.3, -0.25) is 0 Å². The van der Waals surface area contributed by atoms with Crippen LogP contribution in [0, 0.1) is 0 Å². The van der Waals surface area contributed by atoms with Crippen LogP contribution in [0.15, 0.2) is 30.3 Å². The van der Waals surface area contributed by atoms with E-state index in [0.29, 0.717) is 18.4 Å². The van der Waals surface area contributed by atoms with Crippen LogP contribution in [0.2, 0.25) is 5.02 Å². The zero-order valence-electron chi connectivity index (χ0n) is 12.4. The summed E-state index contributed by atoms with van der Waals surface area (Å²) < 4.78 is 0. The molecule has 1 aliphatic heterocycles. The van der Waals surface area contributed by atoms with Crippen LogP contribution in [0.3, 0.4) is 0 Å². The van der Waals surface area contributed by atoms with Crippen LogP contribution in [0.25, 0.3) is 0 Å². The molecule has 2 heterocycles. The SMILES string of the molecule is CNC1CN(c2cc(NCc3ccccc3Cl)nc(N)n2)C1. The summed E-state index contributed by atoms with van der Waals surface area (Å²) >= 11 is 6.15. The van der Waals surface area contributed by atoms with E-state index < -0.39 is 0 Å². The lowest BCUT2D eigenvalue weighted by Gasteiger charge is -2.40. The van der Waals surface area contributed by atoms with Crippen molar-refractivity contribution in [1.82, 2.24) is 15.3 Å². The molecule has 0 saturated carbocycles. The maximum atomic E-state index is 6.15. The molecule has 1 aromatic carbocycles. The minimum atomic E-state index is 0.270. The third-order valence-corrected chi connectivity index (χ3v) is 4.13. The topological polar surface area (TPSA) is 79.1 Å². The van der Waals surface area contributed by atoms with Crippen molar-refractivity contribution >= 4 is 29.2 Å². The Morgan fingerprint density at radius 1 is 1.32 bits per heavy atom. The van der Waals surface area contributed by atoms with Crippen LogP contribution in [0.4, 0.5) is 17.6 Å². The lowest BCUT2D eigenvalue weighted by atomic mass is 10.1. The third kappa shape index (κ3) is 3.23. The van der Waals surface area contributed by atoms with Crippen molar-refractivity contribution in [2.75, 3.05) is 36.1 Å². The number of nitrogens with two attached hydrogens (primary N) is 1. The van der Waals surface area contributed by atoms with E-state index in [-0.39, 0.29) is 5.95 Å². The van der Waals surface area contributed by atoms with Crippen LogP contribution >= 0.6 is 11.6 Å². The summed E-state index contributed by atoms with van der Waals surface area (Å²) in [4.78, 5) is 10.7. The number of anilines is 3. The fourth-order valence-corrected chi connectivity index (χ4v) is 2.58. The van der Waals surface area contributed by atoms with Gasteiger partial charge in [0, 0.05) is 36.8 Å². The van der Waals surface area contributed by atoms with Gasteiger partial charge in [0.1, 0.15) is 11.6 Å². The molecule has 0 amide bonds. The van der Waals surface area contributed by atoms with Gasteiger partial charge in [0.05, 0.1) is 0 Å². The number of rotatable bonds is 5. The molecule has 1 fully saturated rings. The second-order valence-corrected chi connectivity index (χ2v) is 5.71. The molecule has 2 aromatic rings. The summed E-state index contributed by atoms with van der Waals surface area (Å²) in [5, 5.41) is 7.22. The highest BCUT2D eigenvalue weighted by atomic mass is 35.5. The fraction of sp³-hybridized carbons (Fsp3) is 0.333. The molecule has 116 valence electrons. The molecule has 7 heteroatoms. The van der Waals surface area contributed by atoms with Gasteiger partial charge in [-0.05, 0) is 18.7 Å². The van der Waals surface area contributed by atoms with Crippen LogP contribution in [0.5, 0.6) is 0 Å². The van der Waals surface area contributed by atoms with E-state index in [9.17, 15) is 0 Å². The molecular formula is C15H19ClN6. The predicted octanol–water partition coefficient (Wildman–Crippen LogP) is 1.73. The van der Waals surface area contributed by atoms with Gasteiger partial charge in [-0.15, -0.1) is 0 Å². The Hall–Kier alpha value is -2.05. The highest BCUT2D eigenvalue weighted by Crippen LogP contribution is 2.23. The second kappa shape index (κ2) is 6.37. The smallest absolute Gasteiger partial charge is 0.223 e. The summed E-state index contributed by atoms with van der Waals surface area (Å²) in [5.74, 6) is 1.82. The standard InChI is InChI=1S/C15H19ClN6/c1-18-11-8-22(9-11)14-6-13(20-15(17)21-14)19-7-10-4-2-3-5-12(10)16/h2-6,11,18H,7-9H2,1H3,(H3,17,19,20,21). The number of likely N-dealkylation sites (N-methyl/N-ethyl adjacent to an activating group) is 1. The Kier molecular flexibility index (Phi) is 4.31. The lowest BCUT2D eigenvalue weighted by Crippen LogP contribution is -2.57. The molecule has 0 bridgehead atoms. The maximum absolute atomic E-state index is 6.15. The average molecular weight is 319 g/mol. The van der Waals surface area contributed by atoms with E-state index in [1.54, 1.807) is 0 Å². The molecule has 3 rings (SSSR count). The first-order valence-electron chi connectivity index (χ1n) is 7.20. The number of nitrogen functional groups attached to an aromatic ring is 1. The molecular weight excluding hydrogens is 300 g/mol. The van der Waals surface area contributed by atoms with Gasteiger partial charge >= 0.3 is 0 Å². The van der Waals surface area contributed by atoms with E-state index >= 15 is 0 Å². The highest BCUT2D eigenvalue weighted by Gasteiger charge is 2.26. The summed E-state index contributed by atoms with van der Waals surface area (Å²) in [6, 6.07) is 10.1. The number of halogens is 1. The molecule has 0 atom stereocenters. The second-order valence-electron chi connectivity index (χ2n) is 5.31. The zero-order chi connectivity index (χ0) is 15.5. The molecule has 0 spiro atoms. The number of nitrogens with zero attached hydrogens (tertiary/aromatic N) is 3. The van der Waals surface area contributed by atoms with Gasteiger partial charge in [0.15, 0.2) is 0 Å². The first kappa shape index (κ1) is 14.9. The van der Waals surface area contributed by atoms with Gasteiger partial charge in [-0.2, -0.15) is 9.97 Å². The molecule has 0 unspecified atom stereocenters. The van der Waals surface area contributed by atoms with Crippen molar-refractivity contribution in [2.45, 2.75) is 12.6 Å². The highest BCUT2D eigenvalue weighted by molar-refractivity contribution is 6.31. The molecule has 1 saturated heterocycles. The first-order valence-corrected chi connectivity index (χ1v) is 7.57. The van der Waals surface area contributed by atoms with Crippen LogP contribution in [-0.2, 0) is 6.54 Å². The van der Waals surface area contributed by atoms with Gasteiger partial charge in [-0.1, -0.05) is 29.8 Å². The number of hydrogen-bond acceptors (Lipinski definition) is 6. The van der Waals surface area contributed by atoms with Gasteiger partial charge in [0.2, 0.25) is 5.95 Å². The van der Waals surface area contributed by atoms with Crippen molar-refractivity contribution < 1.29 is 0 Å². The largest absolute Gasteiger partial charge is 0.368 e. The number of aromatic nitrogens is 2. The molecule has 0 aliphatic carbocycles. The predicted molar refractivity (Wildman–Crippen MR) is 90.3 cm³/mol. The Balaban J connectivity index is 1.69. The first-order chi connectivity index (χ1) is 10.7. The summed E-state index contributed by atoms with van der Waals surface area (Å²) in [5.41, 5.74) is 6.83. The average Bonchev–Trinajstić information content (AvgIpc) is 2.45. The molecule has 22 heavy (non-hydrogen) atoms. The van der Waals surface area contributed by atoms with Gasteiger partial charge in [0.25, 0.3) is 0 Å². The molecule has 1 aliphatic rings. The van der Waals surface area contributed by atoms with E-state index in [0.717, 1.165) is 29.5 Å². The quantitative estimate of drug-likeness (QED) is 0.779. The van der Waals surface area contributed by atoms with Crippen molar-refractivity contribution in [2.24, 2.45) is 0 Å². The molecule has 4 N–H and O–H groups in total. The van der Waals surface area contributed by atoms with E-state index in [1.807, 2.05) is 37.4 Å². The number of benzene rings is 1. The molecule has 1 aromatic heterocycles. The molecule has 6 nitrogen and oxygen atoms in total. The van der Waals surface area contributed by atoms with Crippen LogP contribution in [0.1, 0.15) is 5.56 Å². The monoisotopic (exact) mass is 318 g/mol. The van der Waals surface area contributed by atoms with Crippen molar-refractivity contribution in [3.63, 3.8) is 0 Å². The summed E-state index contributed by atoms with van der Waals surface area (Å²) in [6.07, 6.45) is 0. The summed E-state index contributed by atoms with van der Waals surface area (Å²) in [7, 11) is 1.97. The summed E-state index contributed by atoms with van der Waals surface area (Å²) in [6.45, 7) is 2.45. The molecule has 0 radical (unpaired) electrons. The number of hydrogen-bond donors (Lipinski definition) is 3. The van der Waals surface area contributed by atoms with E-state index in [4.69, 9.17) is 17.3 Å². The van der Waals surface area contributed by atoms with Crippen molar-refractivity contribution in [1.29, 1.82) is 0 Å². The van der Waals surface area contributed by atoms with E-state index in [1.165, 1.54) is 0 Å². The van der Waals surface area contributed by atoms with Crippen molar-refractivity contribution in [3.8, 4) is 0 Å². The normalized spacial score (nSPS) is 14.7. The van der Waals surface area contributed by atoms with Gasteiger partial charge < -0.3 is 21.3 Å². The van der Waals surface area contributed by atoms with Gasteiger partial charge in [-0.25, -0.2) is 0 Å². The minimum absolute atomic E-state index is 0.270. The number of nitrogens with one attached hydrogen (secondary N) is 2.